The first-order chi connectivity index (χ1) is 12.5. The second-order valence-electron chi connectivity index (χ2n) is 6.90. The van der Waals surface area contributed by atoms with Crippen LogP contribution in [0.1, 0.15) is 17.2 Å². The Morgan fingerprint density at radius 2 is 2.27 bits per heavy atom. The number of methoxy groups -OCH3 is 1. The lowest BCUT2D eigenvalue weighted by Crippen LogP contribution is -2.45. The zero-order valence-electron chi connectivity index (χ0n) is 14.4. The molecule has 0 aliphatic carbocycles. The van der Waals surface area contributed by atoms with Gasteiger partial charge in [0.05, 0.1) is 7.11 Å². The molecule has 0 unspecified atom stereocenters. The van der Waals surface area contributed by atoms with Crippen LogP contribution in [0.15, 0.2) is 41.3 Å². The summed E-state index contributed by atoms with van der Waals surface area (Å²) in [6.07, 6.45) is 1.53. The molecular formula is C19H20N2O5. The van der Waals surface area contributed by atoms with E-state index in [0.717, 1.165) is 17.0 Å². The van der Waals surface area contributed by atoms with Crippen LogP contribution in [0.3, 0.4) is 0 Å². The van der Waals surface area contributed by atoms with E-state index < -0.39 is 11.4 Å². The molecule has 2 aliphatic heterocycles. The fourth-order valence-electron chi connectivity index (χ4n) is 4.05. The van der Waals surface area contributed by atoms with Crippen molar-refractivity contribution in [3.63, 3.8) is 0 Å². The minimum Gasteiger partial charge on any atom is -0.492 e. The number of hydrogen-bond donors (Lipinski definition) is 2. The van der Waals surface area contributed by atoms with Crippen molar-refractivity contribution in [2.24, 2.45) is 5.41 Å². The highest BCUT2D eigenvalue weighted by molar-refractivity contribution is 5.78. The van der Waals surface area contributed by atoms with Crippen LogP contribution in [-0.4, -0.2) is 47.8 Å². The first-order valence-corrected chi connectivity index (χ1v) is 8.46. The van der Waals surface area contributed by atoms with Gasteiger partial charge in [0.2, 0.25) is 5.43 Å². The van der Waals surface area contributed by atoms with Gasteiger partial charge in [-0.05, 0) is 11.6 Å². The molecule has 0 radical (unpaired) electrons. The van der Waals surface area contributed by atoms with E-state index in [0.29, 0.717) is 19.6 Å². The van der Waals surface area contributed by atoms with Gasteiger partial charge >= 0.3 is 5.97 Å². The zero-order chi connectivity index (χ0) is 18.3. The second kappa shape index (κ2) is 6.17. The maximum atomic E-state index is 12.1. The summed E-state index contributed by atoms with van der Waals surface area (Å²) >= 11 is 0. The van der Waals surface area contributed by atoms with Crippen LogP contribution in [0.5, 0.6) is 11.5 Å². The number of nitrogens with one attached hydrogen (secondary N) is 1. The van der Waals surface area contributed by atoms with Crippen LogP contribution in [-0.2, 0) is 11.3 Å². The van der Waals surface area contributed by atoms with Crippen LogP contribution >= 0.6 is 0 Å². The molecule has 1 aromatic carbocycles. The highest BCUT2D eigenvalue weighted by atomic mass is 16.5. The molecule has 0 saturated carbocycles. The average Bonchev–Trinajstić information content (AvgIpc) is 3.02. The number of rotatable bonds is 4. The molecule has 1 saturated heterocycles. The first kappa shape index (κ1) is 16.7. The number of benzene rings is 1. The summed E-state index contributed by atoms with van der Waals surface area (Å²) in [5, 5.41) is 9.94. The van der Waals surface area contributed by atoms with Crippen molar-refractivity contribution in [1.82, 2.24) is 9.88 Å². The minimum atomic E-state index is -0.971. The number of hydrogen-bond acceptors (Lipinski definition) is 5. The molecule has 0 amide bonds. The Hall–Kier alpha value is -2.80. The van der Waals surface area contributed by atoms with Crippen molar-refractivity contribution < 1.29 is 19.4 Å². The third-order valence-corrected chi connectivity index (χ3v) is 5.37. The lowest BCUT2D eigenvalue weighted by atomic mass is 9.73. The lowest BCUT2D eigenvalue weighted by Gasteiger charge is -2.35. The van der Waals surface area contributed by atoms with Crippen molar-refractivity contribution in [3.8, 4) is 11.5 Å². The molecule has 3 heterocycles. The fourth-order valence-corrected chi connectivity index (χ4v) is 4.05. The first-order valence-electron chi connectivity index (χ1n) is 8.46. The number of carboxylic acid groups (broad SMARTS) is 1. The molecule has 136 valence electrons. The number of carboxylic acids is 1. The van der Waals surface area contributed by atoms with E-state index >= 15 is 0 Å². The molecule has 26 heavy (non-hydrogen) atoms. The van der Waals surface area contributed by atoms with Gasteiger partial charge in [-0.25, -0.2) is 0 Å². The smallest absolute Gasteiger partial charge is 0.315 e. The molecule has 1 aromatic heterocycles. The van der Waals surface area contributed by atoms with Gasteiger partial charge in [0.1, 0.15) is 17.8 Å². The quantitative estimate of drug-likeness (QED) is 0.861. The molecule has 2 atom stereocenters. The Labute approximate surface area is 150 Å². The van der Waals surface area contributed by atoms with Crippen molar-refractivity contribution in [2.75, 3.05) is 26.8 Å². The van der Waals surface area contributed by atoms with E-state index in [4.69, 9.17) is 9.47 Å². The summed E-state index contributed by atoms with van der Waals surface area (Å²) < 4.78 is 10.8. The van der Waals surface area contributed by atoms with Gasteiger partial charge in [-0.15, -0.1) is 0 Å². The number of ether oxygens (including phenoxy) is 2. The summed E-state index contributed by atoms with van der Waals surface area (Å²) in [5.74, 6) is 0.0277. The van der Waals surface area contributed by atoms with Crippen LogP contribution < -0.4 is 14.9 Å². The number of H-pyrrole nitrogens is 1. The Bertz CT molecular complexity index is 909. The maximum absolute atomic E-state index is 12.1. The van der Waals surface area contributed by atoms with Crippen molar-refractivity contribution >= 4 is 5.97 Å². The zero-order valence-corrected chi connectivity index (χ0v) is 14.4. The molecule has 0 bridgehead atoms. The third kappa shape index (κ3) is 2.55. The third-order valence-electron chi connectivity index (χ3n) is 5.37. The van der Waals surface area contributed by atoms with Gasteiger partial charge in [0.15, 0.2) is 5.75 Å². The molecule has 2 aliphatic rings. The Morgan fingerprint density at radius 1 is 1.46 bits per heavy atom. The van der Waals surface area contributed by atoms with E-state index in [1.807, 2.05) is 24.3 Å². The summed E-state index contributed by atoms with van der Waals surface area (Å²) in [6, 6.07) is 9.12. The number of pyridine rings is 1. The number of aliphatic carboxylic acids is 1. The van der Waals surface area contributed by atoms with E-state index in [1.165, 1.54) is 19.4 Å². The van der Waals surface area contributed by atoms with Crippen LogP contribution in [0.4, 0.5) is 0 Å². The largest absolute Gasteiger partial charge is 0.492 e. The average molecular weight is 356 g/mol. The topological polar surface area (TPSA) is 91.9 Å². The Balaban J connectivity index is 1.63. The SMILES string of the molecule is COc1c[nH]c(CN2C[C@@H]3c4ccccc4OC[C@]3(C(=O)O)C2)cc1=O. The number of aromatic nitrogens is 1. The normalized spacial score (nSPS) is 24.4. The fraction of sp³-hybridized carbons (Fsp3) is 0.368. The number of aromatic amines is 1. The number of likely N-dealkylation sites (tertiary alicyclic amines) is 1. The van der Waals surface area contributed by atoms with Gasteiger partial charge in [-0.1, -0.05) is 18.2 Å². The van der Waals surface area contributed by atoms with Crippen LogP contribution in [0, 0.1) is 5.41 Å². The highest BCUT2D eigenvalue weighted by Gasteiger charge is 2.56. The number of carbonyl (C=O) groups is 1. The standard InChI is InChI=1S/C19H20N2O5/c1-25-17-7-20-12(6-15(17)22)8-21-9-14-13-4-2-3-5-16(13)26-11-19(14,10-21)18(23)24/h2-7,14H,8-11H2,1H3,(H,20,22)(H,23,24)/t14-,19-/m1/s1. The van der Waals surface area contributed by atoms with E-state index in [9.17, 15) is 14.7 Å². The Morgan fingerprint density at radius 3 is 3.00 bits per heavy atom. The number of fused-ring (bicyclic) bond motifs is 3. The monoisotopic (exact) mass is 356 g/mol. The molecule has 2 N–H and O–H groups in total. The molecule has 1 fully saturated rings. The molecule has 7 heteroatoms. The highest BCUT2D eigenvalue weighted by Crippen LogP contribution is 2.49. The van der Waals surface area contributed by atoms with Crippen molar-refractivity contribution in [1.29, 1.82) is 0 Å². The van der Waals surface area contributed by atoms with E-state index in [-0.39, 0.29) is 23.7 Å². The summed E-state index contributed by atoms with van der Waals surface area (Å²) in [6.45, 7) is 1.59. The maximum Gasteiger partial charge on any atom is 0.315 e. The molecule has 2 aromatic rings. The summed E-state index contributed by atoms with van der Waals surface area (Å²) in [5.41, 5.74) is 0.497. The van der Waals surface area contributed by atoms with Crippen molar-refractivity contribution in [3.05, 3.63) is 58.0 Å². The summed E-state index contributed by atoms with van der Waals surface area (Å²) in [7, 11) is 1.45. The van der Waals surface area contributed by atoms with Gasteiger partial charge < -0.3 is 19.6 Å². The molecule has 4 rings (SSSR count). The van der Waals surface area contributed by atoms with Crippen LogP contribution in [0.2, 0.25) is 0 Å². The molecule has 0 spiro atoms. The van der Waals surface area contributed by atoms with Gasteiger partial charge in [-0.2, -0.15) is 0 Å². The van der Waals surface area contributed by atoms with E-state index in [1.54, 1.807) is 0 Å². The van der Waals surface area contributed by atoms with Gasteiger partial charge in [-0.3, -0.25) is 14.5 Å². The summed E-state index contributed by atoms with van der Waals surface area (Å²) in [4.78, 5) is 29.2. The second-order valence-corrected chi connectivity index (χ2v) is 6.90. The predicted molar refractivity (Wildman–Crippen MR) is 93.6 cm³/mol. The Kier molecular flexibility index (Phi) is 3.96. The van der Waals surface area contributed by atoms with E-state index in [2.05, 4.69) is 9.88 Å². The minimum absolute atomic E-state index is 0.144. The molecule has 7 nitrogen and oxygen atoms in total. The lowest BCUT2D eigenvalue weighted by molar-refractivity contribution is -0.151. The number of nitrogens with zero attached hydrogens (tertiary/aromatic N) is 1. The van der Waals surface area contributed by atoms with Crippen molar-refractivity contribution in [2.45, 2.75) is 12.5 Å². The van der Waals surface area contributed by atoms with Crippen LogP contribution in [0.25, 0.3) is 0 Å². The molecular weight excluding hydrogens is 336 g/mol. The van der Waals surface area contributed by atoms with Gasteiger partial charge in [0, 0.05) is 43.5 Å². The predicted octanol–water partition coefficient (Wildman–Crippen LogP) is 1.45. The van der Waals surface area contributed by atoms with Gasteiger partial charge in [0.25, 0.3) is 0 Å². The number of para-hydroxylation sites is 1.